The number of allylic oxidation sites excluding steroid dienone is 4. The van der Waals surface area contributed by atoms with Crippen LogP contribution in [0.3, 0.4) is 0 Å². The Balaban J connectivity index is 2.38. The van der Waals surface area contributed by atoms with Crippen molar-refractivity contribution in [2.75, 3.05) is 0 Å². The topological polar surface area (TPSA) is 0 Å². The average molecular weight is 198 g/mol. The standard InChI is InChI=1S/C13H14Si/c1-14(2)13-9-8-12(10-13)11-6-4-3-5-7-11/h3-10H,1-2H3. The first kappa shape index (κ1) is 9.35. The van der Waals surface area contributed by atoms with Crippen LogP contribution in [0.5, 0.6) is 0 Å². The molecule has 0 unspecified atom stereocenters. The summed E-state index contributed by atoms with van der Waals surface area (Å²) in [5, 5.41) is 1.52. The van der Waals surface area contributed by atoms with Gasteiger partial charge < -0.3 is 0 Å². The van der Waals surface area contributed by atoms with Crippen LogP contribution >= 0.6 is 0 Å². The lowest BCUT2D eigenvalue weighted by Crippen LogP contribution is -2.00. The Morgan fingerprint density at radius 3 is 2.21 bits per heavy atom. The van der Waals surface area contributed by atoms with Gasteiger partial charge in [-0.2, -0.15) is 0 Å². The molecule has 0 heterocycles. The van der Waals surface area contributed by atoms with Gasteiger partial charge in [0.15, 0.2) is 0 Å². The molecule has 1 heteroatoms. The third kappa shape index (κ3) is 1.83. The van der Waals surface area contributed by atoms with Gasteiger partial charge in [-0.1, -0.05) is 61.7 Å². The Hall–Kier alpha value is -1.21. The minimum Gasteiger partial charge on any atom is -0.0622 e. The molecule has 0 aliphatic heterocycles. The number of hydrogen-bond donors (Lipinski definition) is 0. The third-order valence-corrected chi connectivity index (χ3v) is 3.90. The van der Waals surface area contributed by atoms with Gasteiger partial charge in [0.1, 0.15) is 0 Å². The molecule has 0 fully saturated rings. The molecule has 70 valence electrons. The van der Waals surface area contributed by atoms with Crippen molar-refractivity contribution in [1.82, 2.24) is 0 Å². The number of hydrogen-bond acceptors (Lipinski definition) is 0. The highest BCUT2D eigenvalue weighted by atomic mass is 28.2. The van der Waals surface area contributed by atoms with Crippen LogP contribution in [0.2, 0.25) is 13.1 Å². The van der Waals surface area contributed by atoms with Gasteiger partial charge in [-0.3, -0.25) is 0 Å². The van der Waals surface area contributed by atoms with Gasteiger partial charge in [0.05, 0.1) is 0 Å². The molecule has 2 rings (SSSR count). The largest absolute Gasteiger partial charge is 0.0622 e. The molecule has 0 atom stereocenters. The lowest BCUT2D eigenvalue weighted by Gasteiger charge is -1.97. The Bertz CT molecular complexity index is 418. The van der Waals surface area contributed by atoms with E-state index < -0.39 is 0 Å². The van der Waals surface area contributed by atoms with Crippen LogP contribution in [0.1, 0.15) is 5.56 Å². The molecule has 0 aromatic heterocycles. The zero-order valence-electron chi connectivity index (χ0n) is 8.62. The maximum absolute atomic E-state index is 2.33. The van der Waals surface area contributed by atoms with E-state index in [1.807, 2.05) is 0 Å². The van der Waals surface area contributed by atoms with Gasteiger partial charge in [-0.05, 0) is 16.3 Å². The second-order valence-corrected chi connectivity index (χ2v) is 6.33. The minimum atomic E-state index is -0.298. The maximum atomic E-state index is 2.33. The van der Waals surface area contributed by atoms with Gasteiger partial charge in [0, 0.05) is 8.41 Å². The molecule has 1 aromatic carbocycles. The highest BCUT2D eigenvalue weighted by Crippen LogP contribution is 2.19. The van der Waals surface area contributed by atoms with E-state index in [1.165, 1.54) is 16.3 Å². The predicted molar refractivity (Wildman–Crippen MR) is 66.0 cm³/mol. The van der Waals surface area contributed by atoms with Gasteiger partial charge >= 0.3 is 0 Å². The fraction of sp³-hybridized carbons (Fsp3) is 0.154. The van der Waals surface area contributed by atoms with Crippen LogP contribution in [-0.4, -0.2) is 13.6 Å². The van der Waals surface area contributed by atoms with Crippen LogP contribution in [0.4, 0.5) is 0 Å². The third-order valence-electron chi connectivity index (χ3n) is 2.44. The zero-order valence-corrected chi connectivity index (χ0v) is 9.62. The first-order chi connectivity index (χ1) is 6.77. The van der Waals surface area contributed by atoms with Crippen LogP contribution < -0.4 is 0 Å². The van der Waals surface area contributed by atoms with Crippen molar-refractivity contribution in [3.63, 3.8) is 0 Å². The van der Waals surface area contributed by atoms with E-state index in [2.05, 4.69) is 61.7 Å². The van der Waals surface area contributed by atoms with Crippen molar-refractivity contribution >= 4 is 19.2 Å². The van der Waals surface area contributed by atoms with E-state index in [0.717, 1.165) is 0 Å². The van der Waals surface area contributed by atoms with E-state index in [4.69, 9.17) is 0 Å². The minimum absolute atomic E-state index is 0.298. The van der Waals surface area contributed by atoms with E-state index in [0.29, 0.717) is 0 Å². The molecule has 1 aromatic rings. The lowest BCUT2D eigenvalue weighted by atomic mass is 10.1. The fourth-order valence-corrected chi connectivity index (χ4v) is 2.43. The summed E-state index contributed by atoms with van der Waals surface area (Å²) in [5.41, 5.74) is 2.67. The summed E-state index contributed by atoms with van der Waals surface area (Å²) in [7, 11) is -0.298. The normalized spacial score (nSPS) is 14.4. The van der Waals surface area contributed by atoms with Crippen molar-refractivity contribution in [3.8, 4) is 0 Å². The number of rotatable bonds is 1. The summed E-state index contributed by atoms with van der Waals surface area (Å²) < 4.78 is 0. The lowest BCUT2D eigenvalue weighted by molar-refractivity contribution is 1.63. The maximum Gasteiger partial charge on any atom is 0.0128 e. The molecule has 0 bridgehead atoms. The molecule has 1 aliphatic rings. The van der Waals surface area contributed by atoms with E-state index in [9.17, 15) is 0 Å². The molecule has 0 amide bonds. The molecule has 0 nitrogen and oxygen atoms in total. The van der Waals surface area contributed by atoms with Crippen molar-refractivity contribution in [2.24, 2.45) is 0 Å². The summed E-state index contributed by atoms with van der Waals surface area (Å²) in [6, 6.07) is 10.6. The zero-order chi connectivity index (χ0) is 9.97. The average Bonchev–Trinajstić information content (AvgIpc) is 2.68. The Kier molecular flexibility index (Phi) is 2.59. The summed E-state index contributed by atoms with van der Waals surface area (Å²) in [6.07, 6.45) is 6.81. The summed E-state index contributed by atoms with van der Waals surface area (Å²) in [5.74, 6) is 0. The van der Waals surface area contributed by atoms with Crippen LogP contribution in [-0.2, 0) is 0 Å². The Labute approximate surface area is 86.8 Å². The summed E-state index contributed by atoms with van der Waals surface area (Å²) >= 11 is 0. The molecular weight excluding hydrogens is 184 g/mol. The summed E-state index contributed by atoms with van der Waals surface area (Å²) in [6.45, 7) is 4.66. The second-order valence-electron chi connectivity index (χ2n) is 3.75. The van der Waals surface area contributed by atoms with Gasteiger partial charge in [-0.25, -0.2) is 0 Å². The van der Waals surface area contributed by atoms with Crippen LogP contribution in [0.15, 0.2) is 48.6 Å². The first-order valence-electron chi connectivity index (χ1n) is 4.90. The van der Waals surface area contributed by atoms with Crippen LogP contribution in [0.25, 0.3) is 5.57 Å². The molecular formula is C13H14Si. The second kappa shape index (κ2) is 3.89. The molecule has 0 N–H and O–H groups in total. The van der Waals surface area contributed by atoms with Gasteiger partial charge in [-0.15, -0.1) is 0 Å². The van der Waals surface area contributed by atoms with Crippen LogP contribution in [0, 0.1) is 0 Å². The van der Waals surface area contributed by atoms with Crippen molar-refractivity contribution in [3.05, 3.63) is 54.1 Å². The molecule has 1 aliphatic carbocycles. The predicted octanol–water partition coefficient (Wildman–Crippen LogP) is 3.15. The van der Waals surface area contributed by atoms with E-state index >= 15 is 0 Å². The Morgan fingerprint density at radius 1 is 0.929 bits per heavy atom. The monoisotopic (exact) mass is 198 g/mol. The molecule has 14 heavy (non-hydrogen) atoms. The quantitative estimate of drug-likeness (QED) is 0.608. The summed E-state index contributed by atoms with van der Waals surface area (Å²) in [4.78, 5) is 0. The Morgan fingerprint density at radius 2 is 1.64 bits per heavy atom. The highest BCUT2D eigenvalue weighted by molar-refractivity contribution is 6.73. The van der Waals surface area contributed by atoms with E-state index in [1.54, 1.807) is 0 Å². The van der Waals surface area contributed by atoms with Gasteiger partial charge in [0.2, 0.25) is 0 Å². The molecule has 0 saturated carbocycles. The number of benzene rings is 1. The first-order valence-corrected chi connectivity index (χ1v) is 7.40. The van der Waals surface area contributed by atoms with Crippen molar-refractivity contribution in [2.45, 2.75) is 13.1 Å². The smallest absolute Gasteiger partial charge is 0.0128 e. The molecule has 0 saturated heterocycles. The van der Waals surface area contributed by atoms with Crippen molar-refractivity contribution in [1.29, 1.82) is 0 Å². The molecule has 0 radical (unpaired) electrons. The fourth-order valence-electron chi connectivity index (χ4n) is 1.56. The van der Waals surface area contributed by atoms with Gasteiger partial charge in [0.25, 0.3) is 0 Å². The molecule has 0 spiro atoms. The SMILES string of the molecule is C[Si](C)=C1C=CC(c2ccccc2)=C1. The highest BCUT2D eigenvalue weighted by Gasteiger charge is 2.04. The van der Waals surface area contributed by atoms with Crippen molar-refractivity contribution < 1.29 is 0 Å². The van der Waals surface area contributed by atoms with E-state index in [-0.39, 0.29) is 8.41 Å².